The molecule has 0 spiro atoms. The van der Waals surface area contributed by atoms with Gasteiger partial charge in [0, 0.05) is 52.1 Å². The lowest BCUT2D eigenvalue weighted by atomic mass is 9.94. The molecule has 8 rings (SSSR count). The molecule has 0 saturated carbocycles. The molecular formula is C44H31N5. The zero-order valence-corrected chi connectivity index (χ0v) is 26.9. The highest BCUT2D eigenvalue weighted by Crippen LogP contribution is 2.35. The van der Waals surface area contributed by atoms with Crippen molar-refractivity contribution in [1.82, 2.24) is 24.9 Å². The third-order valence-electron chi connectivity index (χ3n) is 8.63. The molecule has 5 heteroatoms. The molecule has 0 bridgehead atoms. The predicted molar refractivity (Wildman–Crippen MR) is 198 cm³/mol. The molecule has 0 aliphatic heterocycles. The van der Waals surface area contributed by atoms with Crippen LogP contribution in [-0.2, 0) is 0 Å². The Balaban J connectivity index is 1.28. The first-order valence-electron chi connectivity index (χ1n) is 16.2. The Kier molecular flexibility index (Phi) is 8.06. The molecule has 0 aliphatic rings. The Labute approximate surface area is 285 Å². The molecule has 49 heavy (non-hydrogen) atoms. The van der Waals surface area contributed by atoms with Crippen molar-refractivity contribution in [2.24, 2.45) is 0 Å². The molecule has 0 fully saturated rings. The first kappa shape index (κ1) is 29.8. The van der Waals surface area contributed by atoms with Gasteiger partial charge in [0.2, 0.25) is 0 Å². The highest BCUT2D eigenvalue weighted by atomic mass is 14.9. The van der Waals surface area contributed by atoms with E-state index in [1.54, 1.807) is 12.4 Å². The van der Waals surface area contributed by atoms with Gasteiger partial charge in [0.05, 0.1) is 11.4 Å². The van der Waals surface area contributed by atoms with Gasteiger partial charge in [-0.3, -0.25) is 4.98 Å². The van der Waals surface area contributed by atoms with Crippen molar-refractivity contribution in [3.8, 4) is 78.7 Å². The Morgan fingerprint density at radius 3 is 1.37 bits per heavy atom. The van der Waals surface area contributed by atoms with Crippen LogP contribution in [0.3, 0.4) is 0 Å². The molecule has 0 atom stereocenters. The lowest BCUT2D eigenvalue weighted by Gasteiger charge is -2.14. The van der Waals surface area contributed by atoms with Crippen molar-refractivity contribution in [1.29, 1.82) is 0 Å². The zero-order valence-electron chi connectivity index (χ0n) is 26.9. The van der Waals surface area contributed by atoms with Crippen molar-refractivity contribution < 1.29 is 0 Å². The summed E-state index contributed by atoms with van der Waals surface area (Å²) in [7, 11) is 0. The summed E-state index contributed by atoms with van der Waals surface area (Å²) in [5.41, 5.74) is 13.3. The van der Waals surface area contributed by atoms with Gasteiger partial charge in [0.1, 0.15) is 0 Å². The van der Waals surface area contributed by atoms with E-state index in [1.807, 2.05) is 61.7 Å². The number of benzene rings is 5. The molecule has 0 N–H and O–H groups in total. The van der Waals surface area contributed by atoms with Crippen molar-refractivity contribution in [2.45, 2.75) is 6.92 Å². The monoisotopic (exact) mass is 629 g/mol. The second-order valence-corrected chi connectivity index (χ2v) is 11.9. The Morgan fingerprint density at radius 2 is 0.816 bits per heavy atom. The molecule has 0 amide bonds. The number of hydrogen-bond acceptors (Lipinski definition) is 5. The quantitative estimate of drug-likeness (QED) is 0.175. The minimum absolute atomic E-state index is 0.667. The average Bonchev–Trinajstić information content (AvgIpc) is 3.19. The maximum Gasteiger partial charge on any atom is 0.160 e. The van der Waals surface area contributed by atoms with E-state index in [1.165, 1.54) is 0 Å². The van der Waals surface area contributed by atoms with Gasteiger partial charge >= 0.3 is 0 Å². The van der Waals surface area contributed by atoms with E-state index >= 15 is 0 Å². The van der Waals surface area contributed by atoms with Crippen LogP contribution in [0.1, 0.15) is 5.69 Å². The summed E-state index contributed by atoms with van der Waals surface area (Å²) in [5, 5.41) is 0. The third kappa shape index (κ3) is 6.38. The molecule has 0 saturated heterocycles. The van der Waals surface area contributed by atoms with Crippen molar-refractivity contribution in [2.75, 3.05) is 0 Å². The summed E-state index contributed by atoms with van der Waals surface area (Å²) in [4.78, 5) is 23.6. The van der Waals surface area contributed by atoms with E-state index in [0.717, 1.165) is 72.7 Å². The molecule has 8 aromatic rings. The van der Waals surface area contributed by atoms with E-state index in [-0.39, 0.29) is 0 Å². The summed E-state index contributed by atoms with van der Waals surface area (Å²) in [6, 6.07) is 52.3. The van der Waals surface area contributed by atoms with Crippen LogP contribution >= 0.6 is 0 Å². The highest BCUT2D eigenvalue weighted by molar-refractivity contribution is 5.82. The molecule has 0 unspecified atom stereocenters. The molecule has 5 nitrogen and oxygen atoms in total. The van der Waals surface area contributed by atoms with Gasteiger partial charge in [-0.25, -0.2) is 19.9 Å². The van der Waals surface area contributed by atoms with Crippen molar-refractivity contribution >= 4 is 0 Å². The highest BCUT2D eigenvalue weighted by Gasteiger charge is 2.14. The van der Waals surface area contributed by atoms with Crippen molar-refractivity contribution in [3.05, 3.63) is 176 Å². The Bertz CT molecular complexity index is 2300. The molecule has 5 aromatic carbocycles. The van der Waals surface area contributed by atoms with Crippen LogP contribution in [0.4, 0.5) is 0 Å². The fourth-order valence-electron chi connectivity index (χ4n) is 6.07. The molecule has 0 aliphatic carbocycles. The van der Waals surface area contributed by atoms with Gasteiger partial charge in [-0.2, -0.15) is 0 Å². The minimum Gasteiger partial charge on any atom is -0.261 e. The smallest absolute Gasteiger partial charge is 0.160 e. The molecule has 232 valence electrons. The van der Waals surface area contributed by atoms with Gasteiger partial charge in [0.25, 0.3) is 0 Å². The van der Waals surface area contributed by atoms with Crippen LogP contribution in [0.15, 0.2) is 170 Å². The zero-order chi connectivity index (χ0) is 33.0. The summed E-state index contributed by atoms with van der Waals surface area (Å²) >= 11 is 0. The van der Waals surface area contributed by atoms with E-state index in [0.29, 0.717) is 11.6 Å². The summed E-state index contributed by atoms with van der Waals surface area (Å²) in [6.45, 7) is 2.04. The standard InChI is InChI=1S/C44H31N5/c1-30-40(14-8-23-45-30)33-19-15-31(16-20-33)37-26-38(32-17-21-36(22-18-32)43-46-24-9-25-47-43)28-39(27-37)44-48-41(34-10-4-2-5-11-34)29-42(49-44)35-12-6-3-7-13-35/h2-29H,1H3. The second-order valence-electron chi connectivity index (χ2n) is 11.9. The van der Waals surface area contributed by atoms with Crippen LogP contribution in [0.25, 0.3) is 78.7 Å². The number of hydrogen-bond donors (Lipinski definition) is 0. The first-order valence-corrected chi connectivity index (χ1v) is 16.2. The first-order chi connectivity index (χ1) is 24.2. The van der Waals surface area contributed by atoms with Crippen LogP contribution < -0.4 is 0 Å². The number of nitrogens with zero attached hydrogens (tertiary/aromatic N) is 5. The van der Waals surface area contributed by atoms with Gasteiger partial charge in [-0.1, -0.05) is 115 Å². The maximum absolute atomic E-state index is 5.15. The van der Waals surface area contributed by atoms with Crippen LogP contribution in [0.2, 0.25) is 0 Å². The SMILES string of the molecule is Cc1ncccc1-c1ccc(-c2cc(-c3ccc(-c4ncccn4)cc3)cc(-c3nc(-c4ccccc4)cc(-c4ccccc4)n3)c2)cc1. The van der Waals surface area contributed by atoms with Crippen LogP contribution in [-0.4, -0.2) is 24.9 Å². The Morgan fingerprint density at radius 1 is 0.327 bits per heavy atom. The fourth-order valence-corrected chi connectivity index (χ4v) is 6.07. The van der Waals surface area contributed by atoms with Crippen LogP contribution in [0.5, 0.6) is 0 Å². The number of pyridine rings is 1. The average molecular weight is 630 g/mol. The molecule has 0 radical (unpaired) electrons. The number of aryl methyl sites for hydroxylation is 1. The van der Waals surface area contributed by atoms with E-state index in [4.69, 9.17) is 9.97 Å². The normalized spacial score (nSPS) is 11.0. The predicted octanol–water partition coefficient (Wildman–Crippen LogP) is 10.6. The fraction of sp³-hybridized carbons (Fsp3) is 0.0227. The molecule has 3 aromatic heterocycles. The van der Waals surface area contributed by atoms with Gasteiger partial charge in [0.15, 0.2) is 11.6 Å². The molecular weight excluding hydrogens is 599 g/mol. The van der Waals surface area contributed by atoms with E-state index in [2.05, 4.69) is 118 Å². The van der Waals surface area contributed by atoms with Gasteiger partial charge < -0.3 is 0 Å². The largest absolute Gasteiger partial charge is 0.261 e. The Hall–Kier alpha value is -6.59. The van der Waals surface area contributed by atoms with Crippen molar-refractivity contribution in [3.63, 3.8) is 0 Å². The van der Waals surface area contributed by atoms with E-state index < -0.39 is 0 Å². The van der Waals surface area contributed by atoms with Crippen LogP contribution in [0, 0.1) is 6.92 Å². The summed E-state index contributed by atoms with van der Waals surface area (Å²) < 4.78 is 0. The summed E-state index contributed by atoms with van der Waals surface area (Å²) in [5.74, 6) is 1.37. The molecule has 3 heterocycles. The lowest BCUT2D eigenvalue weighted by Crippen LogP contribution is -1.97. The van der Waals surface area contributed by atoms with Gasteiger partial charge in [-0.15, -0.1) is 0 Å². The second kappa shape index (κ2) is 13.3. The lowest BCUT2D eigenvalue weighted by molar-refractivity contribution is 1.18. The summed E-state index contributed by atoms with van der Waals surface area (Å²) in [6.07, 6.45) is 5.36. The van der Waals surface area contributed by atoms with Gasteiger partial charge in [-0.05, 0) is 71.1 Å². The topological polar surface area (TPSA) is 64.5 Å². The minimum atomic E-state index is 0.667. The van der Waals surface area contributed by atoms with E-state index in [9.17, 15) is 0 Å². The third-order valence-corrected chi connectivity index (χ3v) is 8.63. The maximum atomic E-state index is 5.15. The number of aromatic nitrogens is 5. The number of rotatable bonds is 7.